The average Bonchev–Trinajstić information content (AvgIpc) is 2.55. The minimum atomic E-state index is -4.35. The summed E-state index contributed by atoms with van der Waals surface area (Å²) in [5.74, 6) is -1.37. The summed E-state index contributed by atoms with van der Waals surface area (Å²) in [6, 6.07) is 10.2. The smallest absolute Gasteiger partial charge is 0.335 e. The van der Waals surface area contributed by atoms with Crippen LogP contribution in [0.15, 0.2) is 47.4 Å². The molecule has 0 atom stereocenters. The number of carboxylic acid groups (broad SMARTS) is 1. The highest BCUT2D eigenvalue weighted by Crippen LogP contribution is 2.37. The Morgan fingerprint density at radius 1 is 1.32 bits per heavy atom. The number of hydrogen-bond acceptors (Lipinski definition) is 5. The fraction of sp³-hybridized carbons (Fsp3) is 0.235. The van der Waals surface area contributed by atoms with Crippen molar-refractivity contribution >= 4 is 21.7 Å². The Hall–Kier alpha value is -2.58. The molecule has 4 N–H and O–H groups in total. The molecule has 0 unspecified atom stereocenters. The van der Waals surface area contributed by atoms with Crippen LogP contribution in [0, 0.1) is 0 Å². The number of benzene rings is 2. The van der Waals surface area contributed by atoms with Crippen molar-refractivity contribution in [3.05, 3.63) is 48.0 Å². The monoisotopic (exact) mass is 366 g/mol. The highest BCUT2D eigenvalue weighted by atomic mass is 32.2. The van der Waals surface area contributed by atoms with E-state index in [9.17, 15) is 18.3 Å². The SMILES string of the molecule is [2H]C([2H])(CCC)Nc1cc(C(=O)O)cc(S(N)(=O)=O)c1Oc1ccccc1. The molecule has 0 heterocycles. The quantitative estimate of drug-likeness (QED) is 0.661. The van der Waals surface area contributed by atoms with Crippen LogP contribution in [0.1, 0.15) is 32.9 Å². The number of hydrogen-bond donors (Lipinski definition) is 3. The Bertz CT molecular complexity index is 934. The zero-order valence-electron chi connectivity index (χ0n) is 15.5. The summed E-state index contributed by atoms with van der Waals surface area (Å²) in [6.07, 6.45) is 0.620. The fourth-order valence-electron chi connectivity index (χ4n) is 2.02. The van der Waals surface area contributed by atoms with Crippen molar-refractivity contribution in [3.8, 4) is 11.5 Å². The van der Waals surface area contributed by atoms with Crippen LogP contribution >= 0.6 is 0 Å². The largest absolute Gasteiger partial charge is 0.478 e. The molecule has 134 valence electrons. The third kappa shape index (κ3) is 4.94. The number of sulfonamides is 1. The molecular weight excluding hydrogens is 344 g/mol. The molecule has 0 aliphatic heterocycles. The Morgan fingerprint density at radius 2 is 2.00 bits per heavy atom. The number of carbonyl (C=O) groups is 1. The van der Waals surface area contributed by atoms with E-state index in [4.69, 9.17) is 12.6 Å². The number of nitrogens with one attached hydrogen (secondary N) is 1. The normalized spacial score (nSPS) is 12.9. The summed E-state index contributed by atoms with van der Waals surface area (Å²) in [5.41, 5.74) is -0.490. The van der Waals surface area contributed by atoms with Crippen LogP contribution in [-0.4, -0.2) is 26.0 Å². The maximum absolute atomic E-state index is 12.0. The van der Waals surface area contributed by atoms with Gasteiger partial charge in [-0.2, -0.15) is 0 Å². The highest BCUT2D eigenvalue weighted by molar-refractivity contribution is 7.89. The lowest BCUT2D eigenvalue weighted by Gasteiger charge is -2.17. The molecule has 0 aromatic heterocycles. The van der Waals surface area contributed by atoms with Gasteiger partial charge in [-0.3, -0.25) is 0 Å². The van der Waals surface area contributed by atoms with E-state index in [1.54, 1.807) is 37.3 Å². The summed E-state index contributed by atoms with van der Waals surface area (Å²) < 4.78 is 45.8. The van der Waals surface area contributed by atoms with E-state index in [1.807, 2.05) is 0 Å². The van der Waals surface area contributed by atoms with E-state index in [2.05, 4.69) is 5.32 Å². The Morgan fingerprint density at radius 3 is 2.56 bits per heavy atom. The van der Waals surface area contributed by atoms with Gasteiger partial charge in [0.05, 0.1) is 11.3 Å². The summed E-state index contributed by atoms with van der Waals surface area (Å²) in [6.45, 7) is -0.138. The molecule has 2 aromatic rings. The predicted molar refractivity (Wildman–Crippen MR) is 94.7 cm³/mol. The van der Waals surface area contributed by atoms with Gasteiger partial charge in [0, 0.05) is 9.24 Å². The van der Waals surface area contributed by atoms with E-state index in [1.165, 1.54) is 0 Å². The average molecular weight is 366 g/mol. The maximum atomic E-state index is 12.0. The highest BCUT2D eigenvalue weighted by Gasteiger charge is 2.23. The third-order valence-corrected chi connectivity index (χ3v) is 4.09. The lowest BCUT2D eigenvalue weighted by molar-refractivity contribution is 0.0696. The molecule has 2 rings (SSSR count). The van der Waals surface area contributed by atoms with Crippen molar-refractivity contribution in [1.82, 2.24) is 0 Å². The van der Waals surface area contributed by atoms with Crippen LogP contribution in [-0.2, 0) is 10.0 Å². The Balaban J connectivity index is 2.69. The zero-order valence-corrected chi connectivity index (χ0v) is 14.3. The molecule has 0 saturated heterocycles. The lowest BCUT2D eigenvalue weighted by atomic mass is 10.1. The van der Waals surface area contributed by atoms with E-state index >= 15 is 0 Å². The number of carboxylic acids is 1. The van der Waals surface area contributed by atoms with Gasteiger partial charge in [0.15, 0.2) is 5.75 Å². The van der Waals surface area contributed by atoms with Crippen molar-refractivity contribution in [2.24, 2.45) is 5.14 Å². The molecular formula is C17H20N2O5S. The number of ether oxygens (including phenoxy) is 1. The minimum Gasteiger partial charge on any atom is -0.478 e. The van der Waals surface area contributed by atoms with E-state index in [-0.39, 0.29) is 29.2 Å². The second-order valence-corrected chi connectivity index (χ2v) is 6.70. The van der Waals surface area contributed by atoms with Gasteiger partial charge >= 0.3 is 5.97 Å². The molecule has 0 amide bonds. The van der Waals surface area contributed by atoms with Gasteiger partial charge in [0.25, 0.3) is 0 Å². The number of rotatable bonds is 8. The van der Waals surface area contributed by atoms with Crippen LogP contribution in [0.3, 0.4) is 0 Å². The van der Waals surface area contributed by atoms with Gasteiger partial charge in [0.2, 0.25) is 10.0 Å². The topological polar surface area (TPSA) is 119 Å². The molecule has 0 aliphatic rings. The van der Waals surface area contributed by atoms with Crippen molar-refractivity contribution in [3.63, 3.8) is 0 Å². The zero-order chi connectivity index (χ0) is 20.2. The predicted octanol–water partition coefficient (Wildman–Crippen LogP) is 3.04. The number of nitrogens with two attached hydrogens (primary N) is 1. The molecule has 0 aliphatic carbocycles. The van der Waals surface area contributed by atoms with Crippen LogP contribution < -0.4 is 15.2 Å². The summed E-state index contributed by atoms with van der Waals surface area (Å²) in [7, 11) is -4.35. The fourth-order valence-corrected chi connectivity index (χ4v) is 2.73. The van der Waals surface area contributed by atoms with Gasteiger partial charge in [0.1, 0.15) is 10.6 Å². The molecule has 0 fully saturated rings. The molecule has 0 saturated carbocycles. The van der Waals surface area contributed by atoms with E-state index < -0.39 is 27.4 Å². The second-order valence-electron chi connectivity index (χ2n) is 5.17. The molecule has 2 aromatic carbocycles. The maximum Gasteiger partial charge on any atom is 0.335 e. The summed E-state index contributed by atoms with van der Waals surface area (Å²) in [5, 5.41) is 17.1. The number of anilines is 1. The van der Waals surface area contributed by atoms with Gasteiger partial charge in [-0.05, 0) is 30.7 Å². The summed E-state index contributed by atoms with van der Waals surface area (Å²) in [4.78, 5) is 10.8. The van der Waals surface area contributed by atoms with Crippen LogP contribution in [0.2, 0.25) is 0 Å². The van der Waals surface area contributed by atoms with E-state index in [0.717, 1.165) is 12.1 Å². The number of aromatic carboxylic acids is 1. The van der Waals surface area contributed by atoms with E-state index in [0.29, 0.717) is 6.42 Å². The first kappa shape index (κ1) is 15.9. The third-order valence-electron chi connectivity index (χ3n) is 3.17. The second kappa shape index (κ2) is 8.00. The number of primary sulfonamides is 1. The number of para-hydroxylation sites is 1. The standard InChI is InChI=1S/C17H20N2O5S/c1-2-3-9-19-14-10-12(17(20)21)11-15(25(18,22)23)16(14)24-13-7-5-4-6-8-13/h4-8,10-11,19H,2-3,9H2,1H3,(H,20,21)(H2,18,22,23)/i9D2. The molecule has 0 spiro atoms. The summed E-state index contributed by atoms with van der Waals surface area (Å²) >= 11 is 0. The van der Waals surface area contributed by atoms with Crippen molar-refractivity contribution in [2.45, 2.75) is 24.7 Å². The van der Waals surface area contributed by atoms with Crippen molar-refractivity contribution in [1.29, 1.82) is 0 Å². The molecule has 0 radical (unpaired) electrons. The van der Waals surface area contributed by atoms with Gasteiger partial charge in [-0.1, -0.05) is 31.5 Å². The first-order chi connectivity index (χ1) is 12.5. The molecule has 25 heavy (non-hydrogen) atoms. The van der Waals surface area contributed by atoms with Crippen molar-refractivity contribution < 1.29 is 25.8 Å². The first-order valence-corrected chi connectivity index (χ1v) is 9.03. The molecule has 8 heteroatoms. The molecule has 7 nitrogen and oxygen atoms in total. The van der Waals surface area contributed by atoms with Crippen LogP contribution in [0.5, 0.6) is 11.5 Å². The van der Waals surface area contributed by atoms with Gasteiger partial charge < -0.3 is 15.2 Å². The minimum absolute atomic E-state index is 0.111. The first-order valence-electron chi connectivity index (χ1n) is 8.49. The Kier molecular flexibility index (Phi) is 5.09. The Labute approximate surface area is 149 Å². The van der Waals surface area contributed by atoms with Gasteiger partial charge in [-0.25, -0.2) is 18.4 Å². The van der Waals surface area contributed by atoms with Crippen LogP contribution in [0.4, 0.5) is 5.69 Å². The van der Waals surface area contributed by atoms with Gasteiger partial charge in [-0.15, -0.1) is 0 Å². The van der Waals surface area contributed by atoms with Crippen molar-refractivity contribution in [2.75, 3.05) is 11.8 Å². The van der Waals surface area contributed by atoms with Crippen LogP contribution in [0.25, 0.3) is 0 Å². The lowest BCUT2D eigenvalue weighted by Crippen LogP contribution is -2.16. The molecule has 0 bridgehead atoms.